The summed E-state index contributed by atoms with van der Waals surface area (Å²) in [7, 11) is 0. The highest BCUT2D eigenvalue weighted by Gasteiger charge is 2.19. The average molecular weight is 764 g/mol. The summed E-state index contributed by atoms with van der Waals surface area (Å²) in [5, 5.41) is 7.18. The van der Waals surface area contributed by atoms with Gasteiger partial charge in [-0.15, -0.1) is 0 Å². The predicted molar refractivity (Wildman–Crippen MR) is 250 cm³/mol. The van der Waals surface area contributed by atoms with Crippen molar-refractivity contribution in [3.05, 3.63) is 224 Å². The Morgan fingerprint density at radius 3 is 1.18 bits per heavy atom. The number of hydrogen-bond donors (Lipinski definition) is 0. The van der Waals surface area contributed by atoms with Crippen molar-refractivity contribution in [2.45, 2.75) is 0 Å². The highest BCUT2D eigenvalue weighted by atomic mass is 15.0. The lowest BCUT2D eigenvalue weighted by atomic mass is 9.94. The summed E-state index contributed by atoms with van der Waals surface area (Å²) in [6.07, 6.45) is 0. The van der Waals surface area contributed by atoms with E-state index in [0.29, 0.717) is 17.5 Å². The van der Waals surface area contributed by atoms with Crippen molar-refractivity contribution in [3.8, 4) is 78.7 Å². The number of aromatic nitrogens is 3. The molecule has 3 nitrogen and oxygen atoms in total. The molecule has 0 radical (unpaired) electrons. The fourth-order valence-electron chi connectivity index (χ4n) is 8.39. The van der Waals surface area contributed by atoms with Gasteiger partial charge in [0.25, 0.3) is 0 Å². The first-order chi connectivity index (χ1) is 29.7. The number of rotatable bonds is 7. The molecule has 0 saturated heterocycles. The van der Waals surface area contributed by atoms with E-state index in [1.165, 1.54) is 32.7 Å². The van der Waals surface area contributed by atoms with E-state index in [-0.39, 0.29) is 0 Å². The Labute approximate surface area is 349 Å². The fourth-order valence-corrected chi connectivity index (χ4v) is 8.39. The maximum Gasteiger partial charge on any atom is 0.164 e. The Kier molecular flexibility index (Phi) is 8.83. The first kappa shape index (κ1) is 35.2. The lowest BCUT2D eigenvalue weighted by molar-refractivity contribution is 1.08. The summed E-state index contributed by atoms with van der Waals surface area (Å²) in [6, 6.07) is 79.6. The molecule has 10 aromatic carbocycles. The lowest BCUT2D eigenvalue weighted by Gasteiger charge is -2.15. The van der Waals surface area contributed by atoms with E-state index >= 15 is 0 Å². The van der Waals surface area contributed by atoms with Gasteiger partial charge in [-0.3, -0.25) is 0 Å². The van der Waals surface area contributed by atoms with E-state index in [9.17, 15) is 0 Å². The summed E-state index contributed by atoms with van der Waals surface area (Å²) in [6.45, 7) is 0. The molecule has 3 heteroatoms. The maximum absolute atomic E-state index is 5.31. The number of hydrogen-bond acceptors (Lipinski definition) is 3. The van der Waals surface area contributed by atoms with Gasteiger partial charge in [0.1, 0.15) is 0 Å². The SMILES string of the molecule is c1ccc(-c2ccccc2-c2nc(-c3cccc(-c4ccc5cc(-c6ccc7ccccc7c6)ccc5c4)c3)nc(-c3cc4ccccc4cc3-c3ccccc3)n2)cc1. The van der Waals surface area contributed by atoms with Crippen LogP contribution in [-0.2, 0) is 0 Å². The lowest BCUT2D eigenvalue weighted by Crippen LogP contribution is -2.02. The molecular weight excluding hydrogens is 727 g/mol. The van der Waals surface area contributed by atoms with E-state index < -0.39 is 0 Å². The van der Waals surface area contributed by atoms with E-state index in [1.807, 2.05) is 6.07 Å². The standard InChI is InChI=1S/C57H37N3/c1-3-15-39(16-4-1)51-24-11-12-25-52(51)56-58-55(59-57(60-56)54-37-44-21-10-9-20-43(44)36-53(54)40-17-5-2-6-18-40)50-23-13-22-42(35-50)45-28-29-49-34-48(31-30-47(49)33-45)46-27-26-38-14-7-8-19-41(38)32-46/h1-37H. The van der Waals surface area contributed by atoms with Crippen LogP contribution in [0.25, 0.3) is 111 Å². The third-order valence-electron chi connectivity index (χ3n) is 11.5. The van der Waals surface area contributed by atoms with E-state index in [4.69, 9.17) is 15.0 Å². The molecule has 11 rings (SSSR count). The van der Waals surface area contributed by atoms with E-state index in [2.05, 4.69) is 218 Å². The molecule has 280 valence electrons. The van der Waals surface area contributed by atoms with Gasteiger partial charge < -0.3 is 0 Å². The van der Waals surface area contributed by atoms with Crippen molar-refractivity contribution in [3.63, 3.8) is 0 Å². The molecule has 11 aromatic rings. The van der Waals surface area contributed by atoms with Crippen LogP contribution in [0.4, 0.5) is 0 Å². The zero-order chi connectivity index (χ0) is 39.8. The van der Waals surface area contributed by atoms with Crippen molar-refractivity contribution in [1.82, 2.24) is 15.0 Å². The summed E-state index contributed by atoms with van der Waals surface area (Å²) in [5.41, 5.74) is 11.8. The van der Waals surface area contributed by atoms with E-state index in [0.717, 1.165) is 60.8 Å². The van der Waals surface area contributed by atoms with Crippen molar-refractivity contribution < 1.29 is 0 Å². The van der Waals surface area contributed by atoms with Gasteiger partial charge in [0.05, 0.1) is 0 Å². The van der Waals surface area contributed by atoms with Crippen LogP contribution >= 0.6 is 0 Å². The minimum atomic E-state index is 0.618. The Balaban J connectivity index is 1.05. The van der Waals surface area contributed by atoms with Gasteiger partial charge in [-0.2, -0.15) is 0 Å². The van der Waals surface area contributed by atoms with Crippen LogP contribution in [0, 0.1) is 0 Å². The second-order valence-corrected chi connectivity index (χ2v) is 15.2. The third-order valence-corrected chi connectivity index (χ3v) is 11.5. The van der Waals surface area contributed by atoms with Crippen LogP contribution in [0.1, 0.15) is 0 Å². The minimum absolute atomic E-state index is 0.618. The largest absolute Gasteiger partial charge is 0.208 e. The molecule has 0 aliphatic rings. The quantitative estimate of drug-likeness (QED) is 0.162. The van der Waals surface area contributed by atoms with Crippen LogP contribution in [-0.4, -0.2) is 15.0 Å². The molecule has 0 unspecified atom stereocenters. The molecule has 1 aromatic heterocycles. The molecule has 0 aliphatic carbocycles. The molecular formula is C57H37N3. The molecule has 0 fully saturated rings. The van der Waals surface area contributed by atoms with Crippen LogP contribution in [0.3, 0.4) is 0 Å². The highest BCUT2D eigenvalue weighted by Crippen LogP contribution is 2.38. The summed E-state index contributed by atoms with van der Waals surface area (Å²) in [4.78, 5) is 15.9. The number of fused-ring (bicyclic) bond motifs is 3. The maximum atomic E-state index is 5.31. The zero-order valence-electron chi connectivity index (χ0n) is 32.7. The van der Waals surface area contributed by atoms with Gasteiger partial charge in [-0.05, 0) is 113 Å². The Morgan fingerprint density at radius 2 is 0.567 bits per heavy atom. The van der Waals surface area contributed by atoms with Crippen LogP contribution in [0.15, 0.2) is 224 Å². The average Bonchev–Trinajstić information content (AvgIpc) is 3.33. The minimum Gasteiger partial charge on any atom is -0.208 e. The predicted octanol–water partition coefficient (Wildman–Crippen LogP) is 15.0. The topological polar surface area (TPSA) is 38.7 Å². The number of benzene rings is 10. The zero-order valence-corrected chi connectivity index (χ0v) is 32.7. The summed E-state index contributed by atoms with van der Waals surface area (Å²) < 4.78 is 0. The Morgan fingerprint density at radius 1 is 0.183 bits per heavy atom. The molecule has 0 atom stereocenters. The van der Waals surface area contributed by atoms with Gasteiger partial charge >= 0.3 is 0 Å². The van der Waals surface area contributed by atoms with Crippen molar-refractivity contribution in [2.75, 3.05) is 0 Å². The second-order valence-electron chi connectivity index (χ2n) is 15.2. The van der Waals surface area contributed by atoms with Gasteiger partial charge in [0.2, 0.25) is 0 Å². The molecule has 60 heavy (non-hydrogen) atoms. The summed E-state index contributed by atoms with van der Waals surface area (Å²) >= 11 is 0. The number of nitrogens with zero attached hydrogens (tertiary/aromatic N) is 3. The molecule has 1 heterocycles. The molecule has 0 bridgehead atoms. The Hall–Kier alpha value is -8.01. The Bertz CT molecular complexity index is 3370. The highest BCUT2D eigenvalue weighted by molar-refractivity contribution is 5.96. The molecule has 0 spiro atoms. The van der Waals surface area contributed by atoms with Crippen molar-refractivity contribution in [1.29, 1.82) is 0 Å². The van der Waals surface area contributed by atoms with Crippen LogP contribution < -0.4 is 0 Å². The first-order valence-corrected chi connectivity index (χ1v) is 20.3. The van der Waals surface area contributed by atoms with Crippen molar-refractivity contribution >= 4 is 32.3 Å². The molecule has 0 saturated carbocycles. The van der Waals surface area contributed by atoms with E-state index in [1.54, 1.807) is 0 Å². The van der Waals surface area contributed by atoms with Gasteiger partial charge in [-0.1, -0.05) is 188 Å². The van der Waals surface area contributed by atoms with Gasteiger partial charge in [0, 0.05) is 16.7 Å². The molecule has 0 aliphatic heterocycles. The van der Waals surface area contributed by atoms with Crippen LogP contribution in [0.5, 0.6) is 0 Å². The first-order valence-electron chi connectivity index (χ1n) is 20.3. The monoisotopic (exact) mass is 763 g/mol. The van der Waals surface area contributed by atoms with Gasteiger partial charge in [-0.25, -0.2) is 15.0 Å². The summed E-state index contributed by atoms with van der Waals surface area (Å²) in [5.74, 6) is 1.87. The molecule has 0 amide bonds. The normalized spacial score (nSPS) is 11.3. The molecule has 0 N–H and O–H groups in total. The van der Waals surface area contributed by atoms with Crippen molar-refractivity contribution in [2.24, 2.45) is 0 Å². The third kappa shape index (κ3) is 6.68. The fraction of sp³-hybridized carbons (Fsp3) is 0. The van der Waals surface area contributed by atoms with Gasteiger partial charge in [0.15, 0.2) is 17.5 Å². The second kappa shape index (κ2) is 15.1. The smallest absolute Gasteiger partial charge is 0.164 e. The van der Waals surface area contributed by atoms with Crippen LogP contribution in [0.2, 0.25) is 0 Å².